The monoisotopic (exact) mass is 439 g/mol. The van der Waals surface area contributed by atoms with Gasteiger partial charge in [-0.15, -0.1) is 0 Å². The van der Waals surface area contributed by atoms with Crippen LogP contribution in [-0.4, -0.2) is 22.0 Å². The summed E-state index contributed by atoms with van der Waals surface area (Å²) in [6.45, 7) is 3.89. The summed E-state index contributed by atoms with van der Waals surface area (Å²) in [5, 5.41) is 3.57. The van der Waals surface area contributed by atoms with E-state index in [0.717, 1.165) is 30.7 Å². The van der Waals surface area contributed by atoms with Crippen LogP contribution in [0.2, 0.25) is 5.02 Å². The van der Waals surface area contributed by atoms with Crippen LogP contribution in [0.15, 0.2) is 48.5 Å². The van der Waals surface area contributed by atoms with Crippen LogP contribution in [-0.2, 0) is 13.0 Å². The zero-order chi connectivity index (χ0) is 21.9. The fraction of sp³-hybridized carbons (Fsp3) is 0.462. The minimum Gasteiger partial charge on any atom is -0.352 e. The summed E-state index contributed by atoms with van der Waals surface area (Å²) in [6.07, 6.45) is 10.8. The summed E-state index contributed by atoms with van der Waals surface area (Å²) in [6, 6.07) is 15.4. The molecule has 2 aromatic carbocycles. The largest absolute Gasteiger partial charge is 0.352 e. The van der Waals surface area contributed by atoms with E-state index in [0.29, 0.717) is 17.1 Å². The second-order valence-electron chi connectivity index (χ2n) is 8.16. The van der Waals surface area contributed by atoms with Crippen molar-refractivity contribution in [1.82, 2.24) is 14.9 Å². The third-order valence-electron chi connectivity index (χ3n) is 5.67. The van der Waals surface area contributed by atoms with E-state index in [1.165, 1.54) is 50.5 Å². The van der Waals surface area contributed by atoms with Crippen molar-refractivity contribution in [2.45, 2.75) is 71.3 Å². The number of rotatable bonds is 13. The van der Waals surface area contributed by atoms with Gasteiger partial charge in [0.2, 0.25) is 0 Å². The maximum atomic E-state index is 12.3. The highest BCUT2D eigenvalue weighted by atomic mass is 35.5. The zero-order valence-electron chi connectivity index (χ0n) is 18.6. The van der Waals surface area contributed by atoms with Gasteiger partial charge in [0.1, 0.15) is 5.82 Å². The predicted octanol–water partition coefficient (Wildman–Crippen LogP) is 6.80. The first-order valence-electron chi connectivity index (χ1n) is 11.7. The number of aromatic nitrogens is 2. The minimum atomic E-state index is -0.0842. The Balaban J connectivity index is 1.51. The number of unbranched alkanes of at least 4 members (excludes halogenated alkanes) is 6. The number of nitrogens with one attached hydrogen (secondary N) is 1. The fourth-order valence-corrected chi connectivity index (χ4v) is 4.16. The molecular formula is C26H34ClN3O. The van der Waals surface area contributed by atoms with Crippen LogP contribution in [0.5, 0.6) is 0 Å². The normalized spacial score (nSPS) is 11.2. The van der Waals surface area contributed by atoms with Crippen LogP contribution >= 0.6 is 11.6 Å². The molecule has 31 heavy (non-hydrogen) atoms. The van der Waals surface area contributed by atoms with Crippen LogP contribution in [0.4, 0.5) is 0 Å². The highest BCUT2D eigenvalue weighted by molar-refractivity contribution is 6.30. The van der Waals surface area contributed by atoms with Crippen molar-refractivity contribution in [2.75, 3.05) is 6.54 Å². The van der Waals surface area contributed by atoms with E-state index in [1.807, 2.05) is 6.07 Å². The molecule has 0 atom stereocenters. The van der Waals surface area contributed by atoms with Gasteiger partial charge in [0.25, 0.3) is 5.91 Å². The second-order valence-corrected chi connectivity index (χ2v) is 8.60. The number of fused-ring (bicyclic) bond motifs is 1. The lowest BCUT2D eigenvalue weighted by Crippen LogP contribution is -2.25. The number of aryl methyl sites for hydroxylation is 2. The second kappa shape index (κ2) is 12.5. The maximum Gasteiger partial charge on any atom is 0.251 e. The molecule has 0 aliphatic heterocycles. The van der Waals surface area contributed by atoms with E-state index >= 15 is 0 Å². The van der Waals surface area contributed by atoms with Crippen molar-refractivity contribution in [2.24, 2.45) is 0 Å². The molecule has 0 spiro atoms. The lowest BCUT2D eigenvalue weighted by atomic mass is 10.1. The fourth-order valence-electron chi connectivity index (χ4n) is 3.97. The Hall–Kier alpha value is -2.33. The lowest BCUT2D eigenvalue weighted by Gasteiger charge is -2.10. The molecule has 0 aliphatic rings. The Morgan fingerprint density at radius 1 is 0.968 bits per heavy atom. The molecule has 1 heterocycles. The minimum absolute atomic E-state index is 0.0842. The van der Waals surface area contributed by atoms with Gasteiger partial charge in [-0.2, -0.15) is 0 Å². The Morgan fingerprint density at radius 3 is 2.55 bits per heavy atom. The SMILES string of the molecule is CCCCCCCCCn1c(CCCNC(=O)c2cccc(Cl)c2)nc2ccccc21. The van der Waals surface area contributed by atoms with E-state index in [2.05, 4.69) is 35.0 Å². The summed E-state index contributed by atoms with van der Waals surface area (Å²) in [4.78, 5) is 17.2. The Kier molecular flexibility index (Phi) is 9.41. The molecule has 3 rings (SSSR count). The van der Waals surface area contributed by atoms with E-state index in [1.54, 1.807) is 24.3 Å². The number of para-hydroxylation sites is 2. The Bertz CT molecular complexity index is 966. The predicted molar refractivity (Wildman–Crippen MR) is 130 cm³/mol. The Labute approximate surface area is 191 Å². The average Bonchev–Trinajstić information content (AvgIpc) is 3.13. The van der Waals surface area contributed by atoms with Crippen molar-refractivity contribution < 1.29 is 4.79 Å². The molecular weight excluding hydrogens is 406 g/mol. The summed E-state index contributed by atoms with van der Waals surface area (Å²) < 4.78 is 2.38. The van der Waals surface area contributed by atoms with Gasteiger partial charge < -0.3 is 9.88 Å². The number of nitrogens with zero attached hydrogens (tertiary/aromatic N) is 2. The quantitative estimate of drug-likeness (QED) is 0.297. The van der Waals surface area contributed by atoms with Gasteiger partial charge in [-0.1, -0.05) is 75.2 Å². The Morgan fingerprint density at radius 2 is 1.74 bits per heavy atom. The maximum absolute atomic E-state index is 12.3. The van der Waals surface area contributed by atoms with Gasteiger partial charge in [-0.05, 0) is 43.2 Å². The molecule has 0 aliphatic carbocycles. The number of benzene rings is 2. The number of carbonyl (C=O) groups is 1. The van der Waals surface area contributed by atoms with Crippen molar-refractivity contribution in [1.29, 1.82) is 0 Å². The summed E-state index contributed by atoms with van der Waals surface area (Å²) in [5.74, 6) is 1.03. The first-order chi connectivity index (χ1) is 15.2. The molecule has 4 nitrogen and oxygen atoms in total. The third-order valence-corrected chi connectivity index (χ3v) is 5.90. The van der Waals surface area contributed by atoms with Crippen molar-refractivity contribution in [3.63, 3.8) is 0 Å². The molecule has 0 radical (unpaired) electrons. The van der Waals surface area contributed by atoms with Crippen molar-refractivity contribution >= 4 is 28.5 Å². The zero-order valence-corrected chi connectivity index (χ0v) is 19.3. The van der Waals surface area contributed by atoms with Crippen LogP contribution < -0.4 is 5.32 Å². The van der Waals surface area contributed by atoms with Gasteiger partial charge in [0.15, 0.2) is 0 Å². The highest BCUT2D eigenvalue weighted by Crippen LogP contribution is 2.19. The van der Waals surface area contributed by atoms with Crippen molar-refractivity contribution in [3.05, 3.63) is 64.9 Å². The lowest BCUT2D eigenvalue weighted by molar-refractivity contribution is 0.0953. The van der Waals surface area contributed by atoms with E-state index in [9.17, 15) is 4.79 Å². The van der Waals surface area contributed by atoms with E-state index in [-0.39, 0.29) is 5.91 Å². The molecule has 0 fully saturated rings. The average molecular weight is 440 g/mol. The van der Waals surface area contributed by atoms with E-state index in [4.69, 9.17) is 16.6 Å². The summed E-state index contributed by atoms with van der Waals surface area (Å²) in [7, 11) is 0. The number of halogens is 1. The van der Waals surface area contributed by atoms with Crippen LogP contribution in [0.3, 0.4) is 0 Å². The first kappa shape index (κ1) is 23.3. The number of hydrogen-bond acceptors (Lipinski definition) is 2. The number of carbonyl (C=O) groups excluding carboxylic acids is 1. The summed E-state index contributed by atoms with van der Waals surface area (Å²) in [5.41, 5.74) is 2.87. The molecule has 1 N–H and O–H groups in total. The van der Waals surface area contributed by atoms with Gasteiger partial charge >= 0.3 is 0 Å². The van der Waals surface area contributed by atoms with Gasteiger partial charge in [0.05, 0.1) is 11.0 Å². The van der Waals surface area contributed by atoms with Crippen LogP contribution in [0.25, 0.3) is 11.0 Å². The topological polar surface area (TPSA) is 46.9 Å². The molecule has 3 aromatic rings. The first-order valence-corrected chi connectivity index (χ1v) is 12.0. The number of hydrogen-bond donors (Lipinski definition) is 1. The van der Waals surface area contributed by atoms with Crippen molar-refractivity contribution in [3.8, 4) is 0 Å². The number of imidazole rings is 1. The standard InChI is InChI=1S/C26H34ClN3O/c1-2-3-4-5-6-7-10-19-30-24-16-9-8-15-23(24)29-25(30)17-12-18-28-26(31)21-13-11-14-22(27)20-21/h8-9,11,13-16,20H,2-7,10,12,17-19H2,1H3,(H,28,31). The molecule has 0 unspecified atom stereocenters. The molecule has 1 aromatic heterocycles. The van der Waals surface area contributed by atoms with Crippen LogP contribution in [0, 0.1) is 0 Å². The third kappa shape index (κ3) is 7.10. The summed E-state index contributed by atoms with van der Waals surface area (Å²) >= 11 is 5.98. The number of amides is 1. The highest BCUT2D eigenvalue weighted by Gasteiger charge is 2.11. The molecule has 5 heteroatoms. The smallest absolute Gasteiger partial charge is 0.251 e. The molecule has 0 saturated carbocycles. The van der Waals surface area contributed by atoms with Crippen LogP contribution in [0.1, 0.15) is 74.5 Å². The van der Waals surface area contributed by atoms with Gasteiger partial charge in [-0.25, -0.2) is 4.98 Å². The van der Waals surface area contributed by atoms with Gasteiger partial charge in [0, 0.05) is 30.1 Å². The molecule has 0 saturated heterocycles. The molecule has 0 bridgehead atoms. The van der Waals surface area contributed by atoms with Gasteiger partial charge in [-0.3, -0.25) is 4.79 Å². The van der Waals surface area contributed by atoms with E-state index < -0.39 is 0 Å². The molecule has 166 valence electrons. The molecule has 1 amide bonds.